The van der Waals surface area contributed by atoms with Gasteiger partial charge in [0.1, 0.15) is 18.2 Å². The summed E-state index contributed by atoms with van der Waals surface area (Å²) in [5.74, 6) is 0.505. The average Bonchev–Trinajstić information content (AvgIpc) is 2.80. The zero-order chi connectivity index (χ0) is 13.2. The summed E-state index contributed by atoms with van der Waals surface area (Å²) >= 11 is 5.80. The zero-order valence-corrected chi connectivity index (χ0v) is 10.7. The highest BCUT2D eigenvalue weighted by Crippen LogP contribution is 2.19. The topological polar surface area (TPSA) is 25.0 Å². The maximum atomic E-state index is 13.1. The zero-order valence-electron chi connectivity index (χ0n) is 9.99. The largest absolute Gasteiger partial charge is 0.487 e. The molecule has 0 bridgehead atoms. The van der Waals surface area contributed by atoms with Gasteiger partial charge in [-0.15, -0.1) is 0 Å². The number of aromatic amines is 1. The summed E-state index contributed by atoms with van der Waals surface area (Å²) in [6.45, 7) is 0.401. The van der Waals surface area contributed by atoms with E-state index in [4.69, 9.17) is 16.3 Å². The lowest BCUT2D eigenvalue weighted by atomic mass is 10.2. The van der Waals surface area contributed by atoms with Gasteiger partial charge in [0.2, 0.25) is 0 Å². The Morgan fingerprint density at radius 1 is 1.05 bits per heavy atom. The van der Waals surface area contributed by atoms with E-state index in [9.17, 15) is 4.39 Å². The van der Waals surface area contributed by atoms with Crippen molar-refractivity contribution in [1.82, 2.24) is 4.98 Å². The summed E-state index contributed by atoms with van der Waals surface area (Å²) in [4.78, 5) is 3.19. The molecular formula is C15H11ClFNO. The first-order valence-electron chi connectivity index (χ1n) is 5.86. The van der Waals surface area contributed by atoms with Gasteiger partial charge in [-0.3, -0.25) is 0 Å². The van der Waals surface area contributed by atoms with Gasteiger partial charge >= 0.3 is 0 Å². The van der Waals surface area contributed by atoms with Crippen molar-refractivity contribution in [1.29, 1.82) is 0 Å². The van der Waals surface area contributed by atoms with Crippen LogP contribution in [0.5, 0.6) is 5.75 Å². The van der Waals surface area contributed by atoms with Crippen LogP contribution in [0, 0.1) is 5.82 Å². The van der Waals surface area contributed by atoms with Gasteiger partial charge in [-0.2, -0.15) is 0 Å². The Kier molecular flexibility index (Phi) is 3.13. The van der Waals surface area contributed by atoms with Crippen LogP contribution in [-0.4, -0.2) is 4.98 Å². The van der Waals surface area contributed by atoms with Crippen LogP contribution in [0.2, 0.25) is 5.02 Å². The third kappa shape index (κ3) is 2.71. The van der Waals surface area contributed by atoms with Crippen LogP contribution in [0.25, 0.3) is 10.9 Å². The molecule has 3 rings (SSSR count). The van der Waals surface area contributed by atoms with Crippen molar-refractivity contribution >= 4 is 22.5 Å². The van der Waals surface area contributed by atoms with E-state index in [0.29, 0.717) is 11.6 Å². The summed E-state index contributed by atoms with van der Waals surface area (Å²) < 4.78 is 18.7. The summed E-state index contributed by atoms with van der Waals surface area (Å²) in [6.07, 6.45) is 0. The minimum atomic E-state index is -0.239. The van der Waals surface area contributed by atoms with E-state index in [1.807, 2.05) is 18.2 Å². The predicted octanol–water partition coefficient (Wildman–Crippen LogP) is 4.54. The quantitative estimate of drug-likeness (QED) is 0.746. The molecule has 0 aliphatic carbocycles. The summed E-state index contributed by atoms with van der Waals surface area (Å²) in [7, 11) is 0. The predicted molar refractivity (Wildman–Crippen MR) is 74.0 cm³/mol. The van der Waals surface area contributed by atoms with Crippen molar-refractivity contribution in [3.8, 4) is 5.75 Å². The van der Waals surface area contributed by atoms with Crippen molar-refractivity contribution in [3.63, 3.8) is 0 Å². The van der Waals surface area contributed by atoms with Crippen molar-refractivity contribution in [2.45, 2.75) is 6.61 Å². The first kappa shape index (κ1) is 12.1. The first-order valence-corrected chi connectivity index (χ1v) is 6.24. The number of ether oxygens (including phenoxy) is 1. The maximum absolute atomic E-state index is 13.1. The Bertz CT molecular complexity index is 706. The van der Waals surface area contributed by atoms with Crippen molar-refractivity contribution in [2.24, 2.45) is 0 Å². The number of fused-ring (bicyclic) bond motifs is 1. The van der Waals surface area contributed by atoms with Crippen molar-refractivity contribution in [2.75, 3.05) is 0 Å². The molecule has 2 aromatic carbocycles. The van der Waals surface area contributed by atoms with E-state index in [-0.39, 0.29) is 5.82 Å². The van der Waals surface area contributed by atoms with E-state index in [0.717, 1.165) is 22.3 Å². The molecule has 0 radical (unpaired) electrons. The van der Waals surface area contributed by atoms with Crippen LogP contribution in [0.15, 0.2) is 48.5 Å². The van der Waals surface area contributed by atoms with Crippen LogP contribution >= 0.6 is 11.6 Å². The van der Waals surface area contributed by atoms with Gasteiger partial charge in [0.25, 0.3) is 0 Å². The minimum absolute atomic E-state index is 0.239. The van der Waals surface area contributed by atoms with Crippen LogP contribution in [0.1, 0.15) is 5.69 Å². The van der Waals surface area contributed by atoms with Gasteiger partial charge < -0.3 is 9.72 Å². The highest BCUT2D eigenvalue weighted by atomic mass is 35.5. The second-order valence-corrected chi connectivity index (χ2v) is 4.71. The van der Waals surface area contributed by atoms with Crippen LogP contribution in [-0.2, 0) is 6.61 Å². The molecule has 2 nitrogen and oxygen atoms in total. The molecule has 3 aromatic rings. The van der Waals surface area contributed by atoms with Gasteiger partial charge in [-0.1, -0.05) is 11.6 Å². The molecular weight excluding hydrogens is 265 g/mol. The number of aromatic nitrogens is 1. The number of H-pyrrole nitrogens is 1. The standard InChI is InChI=1S/C15H11ClFNO/c16-11-1-4-14(5-2-11)19-9-13-8-10-7-12(17)3-6-15(10)18-13/h1-8,18H,9H2. The SMILES string of the molecule is Fc1ccc2[nH]c(COc3ccc(Cl)cc3)cc2c1. The third-order valence-corrected chi connectivity index (χ3v) is 3.10. The van der Waals surface area contributed by atoms with Gasteiger partial charge in [-0.05, 0) is 48.5 Å². The molecule has 96 valence electrons. The number of nitrogens with one attached hydrogen (secondary N) is 1. The number of benzene rings is 2. The van der Waals surface area contributed by atoms with E-state index < -0.39 is 0 Å². The fourth-order valence-electron chi connectivity index (χ4n) is 1.93. The first-order chi connectivity index (χ1) is 9.20. The third-order valence-electron chi connectivity index (χ3n) is 2.85. The second-order valence-electron chi connectivity index (χ2n) is 4.27. The normalized spacial score (nSPS) is 10.8. The van der Waals surface area contributed by atoms with Gasteiger partial charge in [0, 0.05) is 15.9 Å². The molecule has 0 saturated heterocycles. The molecule has 0 amide bonds. The number of halogens is 2. The molecule has 0 unspecified atom stereocenters. The summed E-state index contributed by atoms with van der Waals surface area (Å²) in [5.41, 5.74) is 1.80. The number of rotatable bonds is 3. The highest BCUT2D eigenvalue weighted by molar-refractivity contribution is 6.30. The Morgan fingerprint density at radius 2 is 1.84 bits per heavy atom. The summed E-state index contributed by atoms with van der Waals surface area (Å²) in [6, 6.07) is 13.7. The van der Waals surface area contributed by atoms with Gasteiger partial charge in [0.15, 0.2) is 0 Å². The lowest BCUT2D eigenvalue weighted by Gasteiger charge is -2.04. The lowest BCUT2D eigenvalue weighted by molar-refractivity contribution is 0.302. The van der Waals surface area contributed by atoms with Crippen LogP contribution in [0.4, 0.5) is 4.39 Å². The van der Waals surface area contributed by atoms with Crippen molar-refractivity contribution < 1.29 is 9.13 Å². The second kappa shape index (κ2) is 4.94. The molecule has 0 atom stereocenters. The molecule has 4 heteroatoms. The van der Waals surface area contributed by atoms with Crippen molar-refractivity contribution in [3.05, 3.63) is 65.1 Å². The molecule has 0 aliphatic rings. The fourth-order valence-corrected chi connectivity index (χ4v) is 2.06. The number of hydrogen-bond acceptors (Lipinski definition) is 1. The highest BCUT2D eigenvalue weighted by Gasteiger charge is 2.03. The van der Waals surface area contributed by atoms with E-state index in [1.165, 1.54) is 12.1 Å². The Hall–Kier alpha value is -2.00. The smallest absolute Gasteiger partial charge is 0.128 e. The molecule has 1 heterocycles. The molecule has 0 saturated carbocycles. The van der Waals surface area contributed by atoms with E-state index in [2.05, 4.69) is 4.98 Å². The molecule has 1 N–H and O–H groups in total. The number of hydrogen-bond donors (Lipinski definition) is 1. The molecule has 0 aliphatic heterocycles. The molecule has 0 spiro atoms. The van der Waals surface area contributed by atoms with E-state index in [1.54, 1.807) is 18.2 Å². The Morgan fingerprint density at radius 3 is 2.63 bits per heavy atom. The van der Waals surface area contributed by atoms with Gasteiger partial charge in [-0.25, -0.2) is 4.39 Å². The monoisotopic (exact) mass is 275 g/mol. The van der Waals surface area contributed by atoms with Crippen LogP contribution in [0.3, 0.4) is 0 Å². The maximum Gasteiger partial charge on any atom is 0.128 e. The summed E-state index contributed by atoms with van der Waals surface area (Å²) in [5, 5.41) is 1.52. The molecule has 0 fully saturated rings. The van der Waals surface area contributed by atoms with E-state index >= 15 is 0 Å². The van der Waals surface area contributed by atoms with Crippen LogP contribution < -0.4 is 4.74 Å². The lowest BCUT2D eigenvalue weighted by Crippen LogP contribution is -1.94. The Labute approximate surface area is 114 Å². The Balaban J connectivity index is 1.76. The van der Waals surface area contributed by atoms with Gasteiger partial charge in [0.05, 0.1) is 5.69 Å². The molecule has 1 aromatic heterocycles. The average molecular weight is 276 g/mol. The minimum Gasteiger partial charge on any atom is -0.487 e. The fraction of sp³-hybridized carbons (Fsp3) is 0.0667. The molecule has 19 heavy (non-hydrogen) atoms.